The predicted octanol–water partition coefficient (Wildman–Crippen LogP) is -5.27. The fourth-order valence-electron chi connectivity index (χ4n) is 4.32. The van der Waals surface area contributed by atoms with Crippen LogP contribution in [-0.2, 0) is 32.7 Å². The number of nitrogen functional groups attached to an aromatic ring is 1. The van der Waals surface area contributed by atoms with E-state index >= 15 is 0 Å². The molecule has 11 N–H and O–H groups in total. The van der Waals surface area contributed by atoms with Crippen LogP contribution in [0.15, 0.2) is 17.1 Å². The average molecular weight is 614 g/mol. The van der Waals surface area contributed by atoms with Gasteiger partial charge in [-0.05, 0) is 6.07 Å². The van der Waals surface area contributed by atoms with E-state index in [1.807, 2.05) is 0 Å². The fourth-order valence-corrected chi connectivity index (χ4v) is 5.27. The Labute approximate surface area is 230 Å². The molecule has 20 nitrogen and oxygen atoms in total. The number of nitrogens with one attached hydrogen (secondary N) is 1. The number of hydrogen-bond acceptors (Lipinski definition) is 16. The van der Waals surface area contributed by atoms with Gasteiger partial charge in [-0.1, -0.05) is 0 Å². The molecule has 1 amide bonds. The molecule has 2 saturated heterocycles. The Kier molecular flexibility index (Phi) is 10.2. The van der Waals surface area contributed by atoms with Crippen LogP contribution in [0.5, 0.6) is 0 Å². The molecule has 3 heterocycles. The highest BCUT2D eigenvalue weighted by molar-refractivity contribution is 7.47. The Balaban J connectivity index is 1.79. The van der Waals surface area contributed by atoms with Crippen LogP contribution in [0.3, 0.4) is 0 Å². The molecule has 232 valence electrons. The van der Waals surface area contributed by atoms with Gasteiger partial charge in [0.1, 0.15) is 42.4 Å². The molecule has 2 aliphatic rings. The number of phosphoric acid groups is 1. The third kappa shape index (κ3) is 7.25. The molecule has 21 heteroatoms. The normalized spacial score (nSPS) is 34.9. The Morgan fingerprint density at radius 3 is 2.54 bits per heavy atom. The molecule has 2 aliphatic heterocycles. The van der Waals surface area contributed by atoms with E-state index in [2.05, 4.69) is 10.3 Å². The van der Waals surface area contributed by atoms with Crippen molar-refractivity contribution in [3.8, 4) is 0 Å². The van der Waals surface area contributed by atoms with Crippen LogP contribution in [-0.4, -0.2) is 130 Å². The van der Waals surface area contributed by atoms with E-state index in [0.29, 0.717) is 0 Å². The highest BCUT2D eigenvalue weighted by Crippen LogP contribution is 2.51. The number of aliphatic carboxylic acids is 1. The number of carboxylic acid groups (broad SMARTS) is 1. The highest BCUT2D eigenvalue weighted by atomic mass is 31.2. The van der Waals surface area contributed by atoms with Crippen LogP contribution >= 0.6 is 7.82 Å². The second-order valence-electron chi connectivity index (χ2n) is 9.32. The van der Waals surface area contributed by atoms with Crippen LogP contribution in [0.25, 0.3) is 0 Å². The van der Waals surface area contributed by atoms with Gasteiger partial charge in [0.2, 0.25) is 5.91 Å². The summed E-state index contributed by atoms with van der Waals surface area (Å²) in [5.74, 6) is -6.20. The summed E-state index contributed by atoms with van der Waals surface area (Å²) < 4.78 is 33.7. The Morgan fingerprint density at radius 1 is 1.32 bits per heavy atom. The van der Waals surface area contributed by atoms with Gasteiger partial charge in [0.05, 0.1) is 25.4 Å². The minimum Gasteiger partial charge on any atom is -0.477 e. The van der Waals surface area contributed by atoms with Crippen LogP contribution in [0.1, 0.15) is 19.6 Å². The summed E-state index contributed by atoms with van der Waals surface area (Å²) in [6.07, 6.45) is -14.6. The molecule has 1 aromatic heterocycles. The molecule has 1 aromatic rings. The number of nitrogens with two attached hydrogens (primary N) is 1. The van der Waals surface area contributed by atoms with Crippen molar-refractivity contribution in [3.63, 3.8) is 0 Å². The number of rotatable bonds is 11. The number of phosphoric ester groups is 1. The first-order valence-corrected chi connectivity index (χ1v) is 13.4. The second kappa shape index (κ2) is 12.7. The SMILES string of the molecule is CC(=O)N[C@H]1[C@H]([C@H](O)[C@H](O)CO)O[C@](OP(=O)(O)OC[C@H]2O[C@@H](n3ccc(N)nc3=O)[C@H](O)[C@H]2O)(C(=O)O)C[C@@H]1O. The third-order valence-electron chi connectivity index (χ3n) is 6.31. The minimum absolute atomic E-state index is 0.135. The Bertz CT molecular complexity index is 1220. The van der Waals surface area contributed by atoms with E-state index in [4.69, 9.17) is 24.3 Å². The number of aliphatic hydroxyl groups excluding tert-OH is 6. The third-order valence-corrected chi connectivity index (χ3v) is 7.32. The Hall–Kier alpha value is -2.59. The molecule has 41 heavy (non-hydrogen) atoms. The number of amides is 1. The van der Waals surface area contributed by atoms with E-state index in [0.717, 1.165) is 17.7 Å². The topological polar surface area (TPSA) is 323 Å². The zero-order valence-electron chi connectivity index (χ0n) is 21.2. The second-order valence-corrected chi connectivity index (χ2v) is 10.7. The smallest absolute Gasteiger partial charge is 0.475 e. The number of hydrogen-bond donors (Lipinski definition) is 10. The molecule has 1 unspecified atom stereocenters. The van der Waals surface area contributed by atoms with Gasteiger partial charge in [-0.2, -0.15) is 4.98 Å². The number of ether oxygens (including phenoxy) is 2. The van der Waals surface area contributed by atoms with Gasteiger partial charge in [0, 0.05) is 19.5 Å². The lowest BCUT2D eigenvalue weighted by Crippen LogP contribution is -2.67. The summed E-state index contributed by atoms with van der Waals surface area (Å²) in [5.41, 5.74) is 4.46. The molecular weight excluding hydrogens is 583 g/mol. The van der Waals surface area contributed by atoms with Crippen molar-refractivity contribution >= 4 is 25.5 Å². The quantitative estimate of drug-likeness (QED) is 0.104. The number of aromatic nitrogens is 2. The number of carboxylic acids is 1. The van der Waals surface area contributed by atoms with Gasteiger partial charge < -0.3 is 61.2 Å². The van der Waals surface area contributed by atoms with Crippen molar-refractivity contribution in [2.75, 3.05) is 18.9 Å². The largest absolute Gasteiger partial charge is 0.477 e. The molecule has 11 atom stereocenters. The lowest BCUT2D eigenvalue weighted by molar-refractivity contribution is -0.289. The van der Waals surface area contributed by atoms with Gasteiger partial charge in [-0.15, -0.1) is 0 Å². The summed E-state index contributed by atoms with van der Waals surface area (Å²) in [6, 6.07) is -0.362. The first-order valence-electron chi connectivity index (χ1n) is 11.9. The summed E-state index contributed by atoms with van der Waals surface area (Å²) >= 11 is 0. The number of carbonyl (C=O) groups is 2. The van der Waals surface area contributed by atoms with Gasteiger partial charge >= 0.3 is 19.5 Å². The van der Waals surface area contributed by atoms with Crippen molar-refractivity contribution in [1.29, 1.82) is 0 Å². The standard InChI is InChI=1S/C20H31N4O16P/c1-7(26)22-12-8(27)4-20(18(32)33,39-16(12)13(29)9(28)5-25)40-41(35,36)37-6-10-14(30)15(31)17(38-10)24-3-2-11(21)23-19(24)34/h2-3,8-10,12-17,25,27-31H,4-6H2,1H3,(H,22,26)(H,32,33)(H,35,36)(H2,21,23,34)/t8-,9+,10+,12+,13+,14-,15+,16+,17+,20+/m0/s1. The molecule has 0 radical (unpaired) electrons. The molecule has 0 spiro atoms. The van der Waals surface area contributed by atoms with Crippen molar-refractivity contribution in [3.05, 3.63) is 22.7 Å². The fraction of sp³-hybridized carbons (Fsp3) is 0.700. The maximum atomic E-state index is 12.8. The predicted molar refractivity (Wildman–Crippen MR) is 128 cm³/mol. The maximum absolute atomic E-state index is 12.8. The van der Waals surface area contributed by atoms with E-state index in [9.17, 15) is 59.6 Å². The number of aliphatic hydroxyl groups is 6. The molecule has 0 aromatic carbocycles. The number of carbonyl (C=O) groups excluding carboxylic acids is 1. The van der Waals surface area contributed by atoms with Crippen molar-refractivity contribution in [2.45, 2.75) is 74.1 Å². The zero-order chi connectivity index (χ0) is 30.9. The maximum Gasteiger partial charge on any atom is 0.475 e. The monoisotopic (exact) mass is 614 g/mol. The van der Waals surface area contributed by atoms with Crippen molar-refractivity contribution < 1.29 is 73.3 Å². The summed E-state index contributed by atoms with van der Waals surface area (Å²) in [6.45, 7) is -1.05. The highest BCUT2D eigenvalue weighted by Gasteiger charge is 2.59. The molecular formula is C20H31N4O16P. The zero-order valence-corrected chi connectivity index (χ0v) is 22.1. The van der Waals surface area contributed by atoms with Crippen molar-refractivity contribution in [1.82, 2.24) is 14.9 Å². The van der Waals surface area contributed by atoms with E-state index in [-0.39, 0.29) is 5.82 Å². The minimum atomic E-state index is -5.52. The van der Waals surface area contributed by atoms with E-state index in [1.54, 1.807) is 0 Å². The molecule has 0 saturated carbocycles. The van der Waals surface area contributed by atoms with Crippen LogP contribution in [0, 0.1) is 0 Å². The first-order chi connectivity index (χ1) is 19.0. The van der Waals surface area contributed by atoms with Crippen LogP contribution in [0.2, 0.25) is 0 Å². The number of anilines is 1. The number of nitrogens with zero attached hydrogens (tertiary/aromatic N) is 2. The Morgan fingerprint density at radius 2 is 1.98 bits per heavy atom. The summed E-state index contributed by atoms with van der Waals surface area (Å²) in [4.78, 5) is 49.6. The molecule has 2 fully saturated rings. The molecule has 0 aliphatic carbocycles. The molecule has 3 rings (SSSR count). The summed E-state index contributed by atoms with van der Waals surface area (Å²) in [5, 5.41) is 72.7. The van der Waals surface area contributed by atoms with E-state index in [1.165, 1.54) is 6.07 Å². The lowest BCUT2D eigenvalue weighted by atomic mass is 9.88. The van der Waals surface area contributed by atoms with Gasteiger partial charge in [-0.3, -0.25) is 13.9 Å². The first kappa shape index (κ1) is 32.9. The van der Waals surface area contributed by atoms with E-state index < -0.39 is 106 Å². The van der Waals surface area contributed by atoms with Gasteiger partial charge in [-0.25, -0.2) is 18.7 Å². The van der Waals surface area contributed by atoms with Crippen LogP contribution < -0.4 is 16.7 Å². The van der Waals surface area contributed by atoms with Crippen molar-refractivity contribution in [2.24, 2.45) is 0 Å². The lowest BCUT2D eigenvalue weighted by Gasteiger charge is -2.46. The average Bonchev–Trinajstić information content (AvgIpc) is 3.16. The van der Waals surface area contributed by atoms with Gasteiger partial charge in [0.25, 0.3) is 5.79 Å². The molecule has 0 bridgehead atoms. The van der Waals surface area contributed by atoms with Gasteiger partial charge in [0.15, 0.2) is 6.23 Å². The summed E-state index contributed by atoms with van der Waals surface area (Å²) in [7, 11) is -5.52. The van der Waals surface area contributed by atoms with Crippen LogP contribution in [0.4, 0.5) is 5.82 Å².